The highest BCUT2D eigenvalue weighted by molar-refractivity contribution is 5.82. The van der Waals surface area contributed by atoms with Gasteiger partial charge >= 0.3 is 11.9 Å². The van der Waals surface area contributed by atoms with Crippen LogP contribution in [0.2, 0.25) is 0 Å². The van der Waals surface area contributed by atoms with Gasteiger partial charge in [0.05, 0.1) is 11.8 Å². The number of carboxylic acids is 2. The number of rotatable bonds is 3. The second kappa shape index (κ2) is 2.83. The highest BCUT2D eigenvalue weighted by Crippen LogP contribution is 2.54. The van der Waals surface area contributed by atoms with Crippen molar-refractivity contribution < 1.29 is 19.8 Å². The predicted molar refractivity (Wildman–Crippen MR) is 47.7 cm³/mol. The molecule has 4 heteroatoms. The van der Waals surface area contributed by atoms with Gasteiger partial charge < -0.3 is 10.2 Å². The maximum Gasteiger partial charge on any atom is 0.310 e. The second-order valence-electron chi connectivity index (χ2n) is 4.22. The molecule has 0 aromatic heterocycles. The van der Waals surface area contributed by atoms with Crippen LogP contribution in [0.15, 0.2) is 12.2 Å². The van der Waals surface area contributed by atoms with Gasteiger partial charge in [-0.1, -0.05) is 12.2 Å². The number of fused-ring (bicyclic) bond motifs is 2. The number of carboxylic acid groups (broad SMARTS) is 2. The summed E-state index contributed by atoms with van der Waals surface area (Å²) < 4.78 is 0. The lowest BCUT2D eigenvalue weighted by Gasteiger charge is -2.29. The molecule has 0 amide bonds. The highest BCUT2D eigenvalue weighted by Gasteiger charge is 2.54. The fraction of sp³-hybridized carbons (Fsp3) is 0.600. The first-order valence-corrected chi connectivity index (χ1v) is 4.68. The molecule has 0 saturated heterocycles. The molecule has 2 bridgehead atoms. The maximum absolute atomic E-state index is 11.2. The Balaban J connectivity index is 2.29. The monoisotopic (exact) mass is 196 g/mol. The lowest BCUT2D eigenvalue weighted by Crippen LogP contribution is -2.37. The third-order valence-corrected chi connectivity index (χ3v) is 3.40. The average molecular weight is 196 g/mol. The fourth-order valence-corrected chi connectivity index (χ4v) is 2.75. The average Bonchev–Trinajstić information content (AvgIpc) is 2.61. The molecule has 2 N–H and O–H groups in total. The second-order valence-corrected chi connectivity index (χ2v) is 4.22. The van der Waals surface area contributed by atoms with Crippen molar-refractivity contribution in [3.05, 3.63) is 12.2 Å². The van der Waals surface area contributed by atoms with E-state index in [9.17, 15) is 9.59 Å². The van der Waals surface area contributed by atoms with E-state index in [4.69, 9.17) is 10.2 Å². The Morgan fingerprint density at radius 3 is 2.43 bits per heavy atom. The van der Waals surface area contributed by atoms with Crippen molar-refractivity contribution >= 4 is 11.9 Å². The molecule has 0 unspecified atom stereocenters. The molecule has 1 saturated carbocycles. The minimum Gasteiger partial charge on any atom is -0.481 e. The van der Waals surface area contributed by atoms with Crippen molar-refractivity contribution in [1.82, 2.24) is 0 Å². The summed E-state index contributed by atoms with van der Waals surface area (Å²) in [5, 5.41) is 17.9. The zero-order chi connectivity index (χ0) is 10.3. The zero-order valence-electron chi connectivity index (χ0n) is 7.64. The first-order valence-electron chi connectivity index (χ1n) is 4.68. The van der Waals surface area contributed by atoms with Gasteiger partial charge in [-0.2, -0.15) is 0 Å². The van der Waals surface area contributed by atoms with Crippen molar-refractivity contribution in [3.63, 3.8) is 0 Å². The maximum atomic E-state index is 11.2. The first kappa shape index (κ1) is 9.24. The van der Waals surface area contributed by atoms with Gasteiger partial charge in [-0.05, 0) is 24.7 Å². The lowest BCUT2D eigenvalue weighted by atomic mass is 9.73. The summed E-state index contributed by atoms with van der Waals surface area (Å²) >= 11 is 0. The van der Waals surface area contributed by atoms with Crippen LogP contribution < -0.4 is 0 Å². The molecule has 14 heavy (non-hydrogen) atoms. The van der Waals surface area contributed by atoms with Gasteiger partial charge in [-0.3, -0.25) is 9.59 Å². The van der Waals surface area contributed by atoms with E-state index in [1.165, 1.54) is 0 Å². The van der Waals surface area contributed by atoms with Crippen LogP contribution >= 0.6 is 0 Å². The van der Waals surface area contributed by atoms with E-state index in [0.29, 0.717) is 6.42 Å². The minimum absolute atomic E-state index is 0.0823. The van der Waals surface area contributed by atoms with Crippen molar-refractivity contribution in [2.45, 2.75) is 19.3 Å². The van der Waals surface area contributed by atoms with Crippen LogP contribution in [-0.4, -0.2) is 22.2 Å². The summed E-state index contributed by atoms with van der Waals surface area (Å²) in [5.41, 5.74) is -1.04. The highest BCUT2D eigenvalue weighted by atomic mass is 16.4. The van der Waals surface area contributed by atoms with Gasteiger partial charge in [-0.25, -0.2) is 0 Å². The van der Waals surface area contributed by atoms with Gasteiger partial charge in [0.2, 0.25) is 0 Å². The number of hydrogen-bond donors (Lipinski definition) is 2. The van der Waals surface area contributed by atoms with E-state index in [1.54, 1.807) is 0 Å². The molecule has 0 aliphatic heterocycles. The third kappa shape index (κ3) is 1.14. The normalized spacial score (nSPS) is 38.9. The van der Waals surface area contributed by atoms with Crippen molar-refractivity contribution in [3.8, 4) is 0 Å². The van der Waals surface area contributed by atoms with E-state index in [1.807, 2.05) is 12.2 Å². The van der Waals surface area contributed by atoms with E-state index >= 15 is 0 Å². The number of allylic oxidation sites excluding steroid dienone is 2. The van der Waals surface area contributed by atoms with Crippen LogP contribution in [0.25, 0.3) is 0 Å². The molecule has 0 aromatic rings. The number of hydrogen-bond acceptors (Lipinski definition) is 2. The summed E-state index contributed by atoms with van der Waals surface area (Å²) in [7, 11) is 0. The summed E-state index contributed by atoms with van der Waals surface area (Å²) in [5.74, 6) is -1.79. The van der Waals surface area contributed by atoms with Gasteiger partial charge in [0, 0.05) is 0 Å². The third-order valence-electron chi connectivity index (χ3n) is 3.40. The van der Waals surface area contributed by atoms with Gasteiger partial charge in [0.25, 0.3) is 0 Å². The van der Waals surface area contributed by atoms with E-state index in [0.717, 1.165) is 6.42 Å². The molecular weight excluding hydrogens is 184 g/mol. The summed E-state index contributed by atoms with van der Waals surface area (Å²) in [4.78, 5) is 21.8. The van der Waals surface area contributed by atoms with Crippen molar-refractivity contribution in [2.24, 2.45) is 17.3 Å². The fourth-order valence-electron chi connectivity index (χ4n) is 2.75. The van der Waals surface area contributed by atoms with Crippen LogP contribution in [0.4, 0.5) is 0 Å². The molecule has 0 aromatic carbocycles. The smallest absolute Gasteiger partial charge is 0.310 e. The molecule has 2 aliphatic rings. The number of aliphatic carboxylic acids is 2. The van der Waals surface area contributed by atoms with E-state index in [2.05, 4.69) is 0 Å². The Bertz CT molecular complexity index is 320. The molecule has 4 nitrogen and oxygen atoms in total. The number of carbonyl (C=O) groups is 2. The van der Waals surface area contributed by atoms with Crippen molar-refractivity contribution in [1.29, 1.82) is 0 Å². The van der Waals surface area contributed by atoms with Crippen molar-refractivity contribution in [2.75, 3.05) is 0 Å². The SMILES string of the molecule is O=C(O)C[C@]1(C(=O)O)C[C@@H]2C=C[C@@H]1C2. The summed E-state index contributed by atoms with van der Waals surface area (Å²) in [6.45, 7) is 0. The summed E-state index contributed by atoms with van der Waals surface area (Å²) in [6.07, 6.45) is 4.90. The lowest BCUT2D eigenvalue weighted by molar-refractivity contribution is -0.157. The summed E-state index contributed by atoms with van der Waals surface area (Å²) in [6, 6.07) is 0. The Labute approximate surface area is 81.2 Å². The van der Waals surface area contributed by atoms with E-state index < -0.39 is 17.4 Å². The molecule has 0 spiro atoms. The van der Waals surface area contributed by atoms with Crippen LogP contribution in [-0.2, 0) is 9.59 Å². The van der Waals surface area contributed by atoms with Gasteiger partial charge in [-0.15, -0.1) is 0 Å². The Hall–Kier alpha value is -1.32. The standard InChI is InChI=1S/C10H12O4/c11-8(12)5-10(9(13)14)4-6-1-2-7(10)3-6/h1-2,6-7H,3-5H2,(H,11,12)(H,13,14)/t6-,7-,10-/m1/s1. The molecule has 2 aliphatic carbocycles. The van der Waals surface area contributed by atoms with Crippen LogP contribution in [0.5, 0.6) is 0 Å². The van der Waals surface area contributed by atoms with Gasteiger partial charge in [0.15, 0.2) is 0 Å². The molecule has 0 radical (unpaired) electrons. The molecular formula is C10H12O4. The van der Waals surface area contributed by atoms with Crippen LogP contribution in [0, 0.1) is 17.3 Å². The predicted octanol–water partition coefficient (Wildman–Crippen LogP) is 1.13. The molecule has 1 fully saturated rings. The molecule has 2 rings (SSSR count). The molecule has 76 valence electrons. The quantitative estimate of drug-likeness (QED) is 0.663. The Morgan fingerprint density at radius 2 is 2.07 bits per heavy atom. The van der Waals surface area contributed by atoms with Crippen LogP contribution in [0.3, 0.4) is 0 Å². The minimum atomic E-state index is -1.04. The molecule has 3 atom stereocenters. The van der Waals surface area contributed by atoms with Gasteiger partial charge in [0.1, 0.15) is 0 Å². The first-order chi connectivity index (χ1) is 6.54. The Morgan fingerprint density at radius 1 is 1.36 bits per heavy atom. The molecule has 0 heterocycles. The topological polar surface area (TPSA) is 74.6 Å². The van der Waals surface area contributed by atoms with E-state index in [-0.39, 0.29) is 18.3 Å². The van der Waals surface area contributed by atoms with Crippen LogP contribution in [0.1, 0.15) is 19.3 Å². The zero-order valence-corrected chi connectivity index (χ0v) is 7.64. The Kier molecular flexibility index (Phi) is 1.87. The largest absolute Gasteiger partial charge is 0.481 e.